The number of likely N-dealkylation sites (tertiary alicyclic amines) is 1. The molecule has 0 aromatic rings. The zero-order valence-electron chi connectivity index (χ0n) is 12.9. The molecule has 1 fully saturated rings. The van der Waals surface area contributed by atoms with Gasteiger partial charge in [0.05, 0.1) is 6.54 Å². The van der Waals surface area contributed by atoms with E-state index in [9.17, 15) is 0 Å². The lowest BCUT2D eigenvalue weighted by Gasteiger charge is -2.25. The first kappa shape index (κ1) is 19.0. The summed E-state index contributed by atoms with van der Waals surface area (Å²) in [7, 11) is 0. The highest BCUT2D eigenvalue weighted by Gasteiger charge is 2.20. The zero-order valence-corrected chi connectivity index (χ0v) is 15.2. The molecule has 2 N–H and O–H groups in total. The van der Waals surface area contributed by atoms with Gasteiger partial charge in [0.25, 0.3) is 0 Å². The van der Waals surface area contributed by atoms with Crippen LogP contribution in [0.1, 0.15) is 47.0 Å². The number of halogens is 1. The van der Waals surface area contributed by atoms with Crippen molar-refractivity contribution in [2.75, 3.05) is 26.2 Å². The quantitative estimate of drug-likeness (QED) is 0.421. The Labute approximate surface area is 135 Å². The van der Waals surface area contributed by atoms with Crippen LogP contribution in [0, 0.1) is 0 Å². The fourth-order valence-electron chi connectivity index (χ4n) is 2.40. The minimum atomic E-state index is 0. The molecule has 1 aliphatic rings. The van der Waals surface area contributed by atoms with E-state index >= 15 is 0 Å². The van der Waals surface area contributed by atoms with Crippen molar-refractivity contribution in [2.45, 2.75) is 59.0 Å². The van der Waals surface area contributed by atoms with Crippen LogP contribution in [0.15, 0.2) is 4.99 Å². The van der Waals surface area contributed by atoms with Gasteiger partial charge >= 0.3 is 0 Å². The van der Waals surface area contributed by atoms with E-state index in [4.69, 9.17) is 4.99 Å². The highest BCUT2D eigenvalue weighted by atomic mass is 127. The number of hydrogen-bond donors (Lipinski definition) is 2. The lowest BCUT2D eigenvalue weighted by molar-refractivity contribution is 0.242. The molecule has 4 nitrogen and oxygen atoms in total. The Kier molecular flexibility index (Phi) is 10.7. The monoisotopic (exact) mass is 382 g/mol. The number of guanidine groups is 1. The molecule has 1 unspecified atom stereocenters. The number of hydrogen-bond acceptors (Lipinski definition) is 2. The minimum Gasteiger partial charge on any atom is -0.357 e. The molecule has 5 heteroatoms. The summed E-state index contributed by atoms with van der Waals surface area (Å²) >= 11 is 0. The van der Waals surface area contributed by atoms with Gasteiger partial charge in [-0.1, -0.05) is 6.92 Å². The minimum absolute atomic E-state index is 0. The molecule has 1 saturated heterocycles. The second-order valence-electron chi connectivity index (χ2n) is 5.32. The van der Waals surface area contributed by atoms with Gasteiger partial charge in [-0.15, -0.1) is 24.0 Å². The summed E-state index contributed by atoms with van der Waals surface area (Å²) < 4.78 is 0. The van der Waals surface area contributed by atoms with E-state index in [1.54, 1.807) is 0 Å². The van der Waals surface area contributed by atoms with Crippen LogP contribution in [0.2, 0.25) is 0 Å². The Morgan fingerprint density at radius 3 is 2.32 bits per heavy atom. The predicted molar refractivity (Wildman–Crippen MR) is 94.6 cm³/mol. The molecular formula is C14H31IN4. The van der Waals surface area contributed by atoms with E-state index in [0.29, 0.717) is 12.1 Å². The molecule has 0 aromatic heterocycles. The van der Waals surface area contributed by atoms with Gasteiger partial charge in [0.2, 0.25) is 0 Å². The highest BCUT2D eigenvalue weighted by molar-refractivity contribution is 14.0. The van der Waals surface area contributed by atoms with Crippen molar-refractivity contribution in [3.63, 3.8) is 0 Å². The Morgan fingerprint density at radius 2 is 1.84 bits per heavy atom. The first-order valence-electron chi connectivity index (χ1n) is 7.46. The van der Waals surface area contributed by atoms with Gasteiger partial charge < -0.3 is 10.6 Å². The van der Waals surface area contributed by atoms with Gasteiger partial charge in [0.15, 0.2) is 5.96 Å². The second-order valence-corrected chi connectivity index (χ2v) is 5.32. The largest absolute Gasteiger partial charge is 0.357 e. The Balaban J connectivity index is 0.00000324. The molecule has 0 aromatic carbocycles. The maximum absolute atomic E-state index is 4.72. The van der Waals surface area contributed by atoms with Gasteiger partial charge in [-0.2, -0.15) is 0 Å². The summed E-state index contributed by atoms with van der Waals surface area (Å²) in [5, 5.41) is 6.68. The van der Waals surface area contributed by atoms with Crippen LogP contribution in [0.25, 0.3) is 0 Å². The third-order valence-corrected chi connectivity index (χ3v) is 3.36. The van der Waals surface area contributed by atoms with Gasteiger partial charge in [0, 0.05) is 18.6 Å². The molecule has 1 rings (SSSR count). The van der Waals surface area contributed by atoms with E-state index in [-0.39, 0.29) is 24.0 Å². The number of aliphatic imine (C=N–C) groups is 1. The molecule has 0 bridgehead atoms. The lowest BCUT2D eigenvalue weighted by atomic mass is 10.2. The maximum atomic E-state index is 4.72. The molecule has 1 heterocycles. The van der Waals surface area contributed by atoms with Gasteiger partial charge in [-0.25, -0.2) is 0 Å². The third-order valence-electron chi connectivity index (χ3n) is 3.36. The summed E-state index contributed by atoms with van der Waals surface area (Å²) in [6.07, 6.45) is 3.89. The molecule has 0 aliphatic carbocycles. The van der Waals surface area contributed by atoms with Crippen molar-refractivity contribution in [3.8, 4) is 0 Å². The van der Waals surface area contributed by atoms with Gasteiger partial charge in [-0.05, 0) is 53.1 Å². The van der Waals surface area contributed by atoms with E-state index in [1.165, 1.54) is 32.4 Å². The van der Waals surface area contributed by atoms with E-state index < -0.39 is 0 Å². The average Bonchev–Trinajstić information content (AvgIpc) is 2.83. The smallest absolute Gasteiger partial charge is 0.191 e. The number of nitrogens with one attached hydrogen (secondary N) is 2. The second kappa shape index (κ2) is 10.7. The Bertz CT molecular complexity index is 250. The van der Waals surface area contributed by atoms with Gasteiger partial charge in [-0.3, -0.25) is 9.89 Å². The summed E-state index contributed by atoms with van der Waals surface area (Å²) in [6, 6.07) is 1.03. The number of nitrogens with zero attached hydrogens (tertiary/aromatic N) is 2. The highest BCUT2D eigenvalue weighted by Crippen LogP contribution is 2.14. The summed E-state index contributed by atoms with van der Waals surface area (Å²) in [5.74, 6) is 0.949. The number of rotatable bonds is 6. The molecule has 0 saturated carbocycles. The molecule has 1 atom stereocenters. The molecule has 1 aliphatic heterocycles. The topological polar surface area (TPSA) is 39.7 Å². The molecular weight excluding hydrogens is 351 g/mol. The van der Waals surface area contributed by atoms with Crippen LogP contribution < -0.4 is 10.6 Å². The normalized spacial score (nSPS) is 18.3. The lowest BCUT2D eigenvalue weighted by Crippen LogP contribution is -2.42. The van der Waals surface area contributed by atoms with Gasteiger partial charge in [0.1, 0.15) is 0 Å². The fourth-order valence-corrected chi connectivity index (χ4v) is 2.40. The van der Waals surface area contributed by atoms with Crippen molar-refractivity contribution in [1.29, 1.82) is 0 Å². The SMILES string of the molecule is CCNC(=NCC(CC)N1CCCC1)NC(C)C.I. The van der Waals surface area contributed by atoms with Crippen LogP contribution in [0.4, 0.5) is 0 Å². The molecule has 114 valence electrons. The first-order valence-corrected chi connectivity index (χ1v) is 7.46. The molecule has 0 spiro atoms. The van der Waals surface area contributed by atoms with Crippen LogP contribution in [-0.4, -0.2) is 49.1 Å². The van der Waals surface area contributed by atoms with Crippen molar-refractivity contribution >= 4 is 29.9 Å². The molecule has 0 radical (unpaired) electrons. The summed E-state index contributed by atoms with van der Waals surface area (Å²) in [5.41, 5.74) is 0. The van der Waals surface area contributed by atoms with E-state index in [1.807, 2.05) is 0 Å². The van der Waals surface area contributed by atoms with Crippen molar-refractivity contribution in [3.05, 3.63) is 0 Å². The fraction of sp³-hybridized carbons (Fsp3) is 0.929. The van der Waals surface area contributed by atoms with Crippen molar-refractivity contribution in [1.82, 2.24) is 15.5 Å². The maximum Gasteiger partial charge on any atom is 0.191 e. The van der Waals surface area contributed by atoms with Crippen LogP contribution in [0.3, 0.4) is 0 Å². The first-order chi connectivity index (χ1) is 8.67. The standard InChI is InChI=1S/C14H30N4.HI/c1-5-13(18-9-7-8-10-18)11-16-14(15-6-2)17-12(3)4;/h12-13H,5-11H2,1-4H3,(H2,15,16,17);1H. The van der Waals surface area contributed by atoms with Crippen molar-refractivity contribution in [2.24, 2.45) is 4.99 Å². The van der Waals surface area contributed by atoms with Crippen LogP contribution >= 0.6 is 24.0 Å². The molecule has 19 heavy (non-hydrogen) atoms. The van der Waals surface area contributed by atoms with Crippen LogP contribution in [0.5, 0.6) is 0 Å². The Hall–Kier alpha value is -0.0400. The Morgan fingerprint density at radius 1 is 1.21 bits per heavy atom. The summed E-state index contributed by atoms with van der Waals surface area (Å²) in [6.45, 7) is 13.0. The average molecular weight is 382 g/mol. The predicted octanol–water partition coefficient (Wildman–Crippen LogP) is 2.44. The zero-order chi connectivity index (χ0) is 13.4. The molecule has 0 amide bonds. The van der Waals surface area contributed by atoms with Crippen LogP contribution in [-0.2, 0) is 0 Å². The third kappa shape index (κ3) is 7.34. The van der Waals surface area contributed by atoms with Crippen molar-refractivity contribution < 1.29 is 0 Å². The summed E-state index contributed by atoms with van der Waals surface area (Å²) in [4.78, 5) is 7.31. The van der Waals surface area contributed by atoms with E-state index in [2.05, 4.69) is 43.2 Å². The van der Waals surface area contributed by atoms with E-state index in [0.717, 1.165) is 19.0 Å².